The summed E-state index contributed by atoms with van der Waals surface area (Å²) in [6, 6.07) is 0.286. The van der Waals surface area contributed by atoms with Gasteiger partial charge in [0.25, 0.3) is 10.2 Å². The summed E-state index contributed by atoms with van der Waals surface area (Å²) >= 11 is 0. The fourth-order valence-corrected chi connectivity index (χ4v) is 5.36. The van der Waals surface area contributed by atoms with Crippen LogP contribution in [0.1, 0.15) is 38.5 Å². The quantitative estimate of drug-likeness (QED) is 0.797. The second-order valence-corrected chi connectivity index (χ2v) is 8.63. The molecule has 8 heteroatoms. The summed E-state index contributed by atoms with van der Waals surface area (Å²) in [5.41, 5.74) is 0. The van der Waals surface area contributed by atoms with Crippen molar-refractivity contribution in [2.75, 3.05) is 39.4 Å². The van der Waals surface area contributed by atoms with E-state index in [1.807, 2.05) is 0 Å². The highest BCUT2D eigenvalue weighted by Crippen LogP contribution is 2.23. The van der Waals surface area contributed by atoms with Gasteiger partial charge in [0.15, 0.2) is 0 Å². The van der Waals surface area contributed by atoms with E-state index in [-0.39, 0.29) is 17.9 Å². The zero-order valence-electron chi connectivity index (χ0n) is 13.6. The predicted octanol–water partition coefficient (Wildman–Crippen LogP) is 0.334. The van der Waals surface area contributed by atoms with Gasteiger partial charge in [-0.25, -0.2) is 0 Å². The van der Waals surface area contributed by atoms with Gasteiger partial charge in [0, 0.05) is 32.2 Å². The average Bonchev–Trinajstić information content (AvgIpc) is 3.09. The Hall–Kier alpha value is -0.700. The Labute approximate surface area is 138 Å². The third-order valence-corrected chi connectivity index (χ3v) is 7.08. The number of morpholine rings is 1. The van der Waals surface area contributed by atoms with E-state index in [0.29, 0.717) is 39.4 Å². The smallest absolute Gasteiger partial charge is 0.282 e. The van der Waals surface area contributed by atoms with Crippen LogP contribution in [-0.4, -0.2) is 68.4 Å². The van der Waals surface area contributed by atoms with Gasteiger partial charge in [-0.05, 0) is 25.7 Å². The van der Waals surface area contributed by atoms with Crippen LogP contribution in [0.15, 0.2) is 0 Å². The molecule has 1 aliphatic carbocycles. The summed E-state index contributed by atoms with van der Waals surface area (Å²) < 4.78 is 33.6. The molecule has 0 aromatic carbocycles. The van der Waals surface area contributed by atoms with Gasteiger partial charge in [0.1, 0.15) is 0 Å². The standard InChI is InChI=1S/C15H27N3O4S/c19-15(16-14-5-1-2-6-14)13-4-3-7-18(12-13)23(20,21)17-8-10-22-11-9-17/h13-14H,1-12H2,(H,16,19). The van der Waals surface area contributed by atoms with Crippen molar-refractivity contribution < 1.29 is 17.9 Å². The number of nitrogens with one attached hydrogen (secondary N) is 1. The molecule has 0 radical (unpaired) electrons. The van der Waals surface area contributed by atoms with Crippen LogP contribution >= 0.6 is 0 Å². The number of hydrogen-bond donors (Lipinski definition) is 1. The van der Waals surface area contributed by atoms with Crippen LogP contribution in [0.5, 0.6) is 0 Å². The SMILES string of the molecule is O=C(NC1CCCC1)C1CCCN(S(=O)(=O)N2CCOCC2)C1. The van der Waals surface area contributed by atoms with Gasteiger partial charge in [-0.3, -0.25) is 4.79 Å². The normalized spacial score (nSPS) is 28.8. The molecule has 3 fully saturated rings. The predicted molar refractivity (Wildman–Crippen MR) is 86.0 cm³/mol. The first-order valence-electron chi connectivity index (χ1n) is 8.71. The molecule has 2 aliphatic heterocycles. The van der Waals surface area contributed by atoms with E-state index in [0.717, 1.165) is 25.7 Å². The summed E-state index contributed by atoms with van der Waals surface area (Å²) in [6.07, 6.45) is 5.96. The Morgan fingerprint density at radius 3 is 2.35 bits per heavy atom. The molecule has 23 heavy (non-hydrogen) atoms. The number of carbonyl (C=O) groups excluding carboxylic acids is 1. The molecular weight excluding hydrogens is 318 g/mol. The van der Waals surface area contributed by atoms with Crippen LogP contribution in [0.2, 0.25) is 0 Å². The zero-order chi connectivity index (χ0) is 16.3. The molecule has 1 unspecified atom stereocenters. The second-order valence-electron chi connectivity index (χ2n) is 6.71. The van der Waals surface area contributed by atoms with Gasteiger partial charge in [-0.1, -0.05) is 12.8 Å². The van der Waals surface area contributed by atoms with Gasteiger partial charge in [-0.2, -0.15) is 17.0 Å². The van der Waals surface area contributed by atoms with Crippen molar-refractivity contribution in [3.63, 3.8) is 0 Å². The largest absolute Gasteiger partial charge is 0.379 e. The molecule has 132 valence electrons. The fraction of sp³-hybridized carbons (Fsp3) is 0.933. The molecule has 1 amide bonds. The third kappa shape index (κ3) is 4.04. The zero-order valence-corrected chi connectivity index (χ0v) is 14.4. The van der Waals surface area contributed by atoms with Crippen molar-refractivity contribution in [3.05, 3.63) is 0 Å². The molecule has 3 rings (SSSR count). The van der Waals surface area contributed by atoms with Crippen molar-refractivity contribution in [1.29, 1.82) is 0 Å². The number of rotatable bonds is 4. The van der Waals surface area contributed by atoms with E-state index in [9.17, 15) is 13.2 Å². The highest BCUT2D eigenvalue weighted by Gasteiger charge is 2.36. The van der Waals surface area contributed by atoms with Crippen LogP contribution in [0.25, 0.3) is 0 Å². The highest BCUT2D eigenvalue weighted by atomic mass is 32.2. The van der Waals surface area contributed by atoms with Gasteiger partial charge < -0.3 is 10.1 Å². The first-order chi connectivity index (χ1) is 11.1. The number of amides is 1. The van der Waals surface area contributed by atoms with Crippen molar-refractivity contribution in [3.8, 4) is 0 Å². The van der Waals surface area contributed by atoms with E-state index in [1.54, 1.807) is 0 Å². The summed E-state index contributed by atoms with van der Waals surface area (Å²) in [7, 11) is -3.47. The van der Waals surface area contributed by atoms with Crippen LogP contribution < -0.4 is 5.32 Å². The first kappa shape index (κ1) is 17.1. The lowest BCUT2D eigenvalue weighted by Gasteiger charge is -2.36. The van der Waals surface area contributed by atoms with Gasteiger partial charge in [0.2, 0.25) is 5.91 Å². The average molecular weight is 345 g/mol. The minimum Gasteiger partial charge on any atom is -0.379 e. The molecule has 2 saturated heterocycles. The Bertz CT molecular complexity index is 513. The van der Waals surface area contributed by atoms with E-state index in [2.05, 4.69) is 5.32 Å². The molecule has 3 aliphatic rings. The van der Waals surface area contributed by atoms with Gasteiger partial charge in [0.05, 0.1) is 19.1 Å². The van der Waals surface area contributed by atoms with E-state index in [1.165, 1.54) is 21.5 Å². The Balaban J connectivity index is 1.59. The van der Waals surface area contributed by atoms with Crippen molar-refractivity contribution in [2.24, 2.45) is 5.92 Å². The summed E-state index contributed by atoms with van der Waals surface area (Å²) in [5, 5.41) is 3.11. The van der Waals surface area contributed by atoms with Crippen molar-refractivity contribution >= 4 is 16.1 Å². The number of hydrogen-bond acceptors (Lipinski definition) is 4. The fourth-order valence-electron chi connectivity index (χ4n) is 3.70. The van der Waals surface area contributed by atoms with Crippen LogP contribution in [0.4, 0.5) is 0 Å². The molecule has 0 aromatic heterocycles. The van der Waals surface area contributed by atoms with Gasteiger partial charge >= 0.3 is 0 Å². The molecule has 0 aromatic rings. The van der Waals surface area contributed by atoms with Crippen LogP contribution in [-0.2, 0) is 19.7 Å². The minimum atomic E-state index is -3.47. The molecule has 1 saturated carbocycles. The van der Waals surface area contributed by atoms with Gasteiger partial charge in [-0.15, -0.1) is 0 Å². The maximum atomic E-state index is 12.7. The van der Waals surface area contributed by atoms with Crippen molar-refractivity contribution in [1.82, 2.24) is 13.9 Å². The molecule has 1 atom stereocenters. The summed E-state index contributed by atoms with van der Waals surface area (Å²) in [4.78, 5) is 12.4. The summed E-state index contributed by atoms with van der Waals surface area (Å²) in [5.74, 6) is -0.195. The van der Waals surface area contributed by atoms with Crippen molar-refractivity contribution in [2.45, 2.75) is 44.6 Å². The maximum Gasteiger partial charge on any atom is 0.282 e. The maximum absolute atomic E-state index is 12.7. The monoisotopic (exact) mass is 345 g/mol. The van der Waals surface area contributed by atoms with Crippen LogP contribution in [0, 0.1) is 5.92 Å². The molecule has 2 heterocycles. The topological polar surface area (TPSA) is 79.0 Å². The molecule has 1 N–H and O–H groups in total. The number of nitrogens with zero attached hydrogens (tertiary/aromatic N) is 2. The lowest BCUT2D eigenvalue weighted by atomic mass is 9.98. The molecule has 0 bridgehead atoms. The van der Waals surface area contributed by atoms with E-state index >= 15 is 0 Å². The number of piperidine rings is 1. The molecular formula is C15H27N3O4S. The lowest BCUT2D eigenvalue weighted by molar-refractivity contribution is -0.126. The van der Waals surface area contributed by atoms with E-state index < -0.39 is 10.2 Å². The number of ether oxygens (including phenoxy) is 1. The molecule has 0 spiro atoms. The number of carbonyl (C=O) groups is 1. The Morgan fingerprint density at radius 2 is 1.65 bits per heavy atom. The summed E-state index contributed by atoms with van der Waals surface area (Å²) in [6.45, 7) is 2.50. The molecule has 7 nitrogen and oxygen atoms in total. The van der Waals surface area contributed by atoms with Crippen LogP contribution in [0.3, 0.4) is 0 Å². The second kappa shape index (κ2) is 7.46. The first-order valence-corrected chi connectivity index (χ1v) is 10.1. The Kier molecular flexibility index (Phi) is 5.56. The minimum absolute atomic E-state index is 0.0266. The third-order valence-electron chi connectivity index (χ3n) is 5.08. The van der Waals surface area contributed by atoms with E-state index in [4.69, 9.17) is 4.74 Å². The highest BCUT2D eigenvalue weighted by molar-refractivity contribution is 7.86. The Morgan fingerprint density at radius 1 is 0.957 bits per heavy atom. The lowest BCUT2D eigenvalue weighted by Crippen LogP contribution is -2.53.